The summed E-state index contributed by atoms with van der Waals surface area (Å²) < 4.78 is 37.9. The van der Waals surface area contributed by atoms with E-state index in [0.29, 0.717) is 16.8 Å². The maximum Gasteiger partial charge on any atom is 0.416 e. The van der Waals surface area contributed by atoms with Crippen molar-refractivity contribution in [1.29, 1.82) is 0 Å². The van der Waals surface area contributed by atoms with Crippen LogP contribution in [0.5, 0.6) is 0 Å². The highest BCUT2D eigenvalue weighted by molar-refractivity contribution is 5.64. The molecule has 0 aliphatic rings. The number of halogens is 3. The van der Waals surface area contributed by atoms with E-state index in [1.54, 1.807) is 36.4 Å². The molecule has 0 aliphatic carbocycles. The zero-order valence-corrected chi connectivity index (χ0v) is 17.2. The van der Waals surface area contributed by atoms with E-state index in [1.807, 2.05) is 0 Å². The van der Waals surface area contributed by atoms with Crippen molar-refractivity contribution < 1.29 is 23.0 Å². The molecule has 0 N–H and O–H groups in total. The van der Waals surface area contributed by atoms with Crippen molar-refractivity contribution in [3.63, 3.8) is 0 Å². The van der Waals surface area contributed by atoms with Crippen LogP contribution in [0.4, 0.5) is 24.5 Å². The largest absolute Gasteiger partial charge is 0.416 e. The highest BCUT2D eigenvalue weighted by Gasteiger charge is 2.30. The molecule has 0 fully saturated rings. The van der Waals surface area contributed by atoms with Gasteiger partial charge in [-0.15, -0.1) is 0 Å². The van der Waals surface area contributed by atoms with Crippen molar-refractivity contribution in [2.45, 2.75) is 6.18 Å². The monoisotopic (exact) mass is 468 g/mol. The molecule has 0 amide bonds. The first-order valence-corrected chi connectivity index (χ1v) is 9.60. The van der Waals surface area contributed by atoms with E-state index in [4.69, 9.17) is 0 Å². The smallest absolute Gasteiger partial charge is 0.258 e. The van der Waals surface area contributed by atoms with Gasteiger partial charge in [-0.2, -0.15) is 13.2 Å². The zero-order chi connectivity index (χ0) is 24.7. The fourth-order valence-electron chi connectivity index (χ4n) is 2.77. The quantitative estimate of drug-likeness (QED) is 0.255. The summed E-state index contributed by atoms with van der Waals surface area (Å²) in [5.41, 5.74) is 0.943. The number of nitro benzene ring substituents is 2. The average molecular weight is 468 g/mol. The molecule has 1 heterocycles. The van der Waals surface area contributed by atoms with Crippen LogP contribution in [0, 0.1) is 20.2 Å². The van der Waals surface area contributed by atoms with Gasteiger partial charge in [-0.25, -0.2) is 9.97 Å². The Morgan fingerprint density at radius 2 is 1.21 bits per heavy atom. The number of benzene rings is 3. The highest BCUT2D eigenvalue weighted by Crippen LogP contribution is 2.30. The lowest BCUT2D eigenvalue weighted by molar-refractivity contribution is -0.385. The molecule has 3 aromatic carbocycles. The normalized spacial score (nSPS) is 10.7. The first-order chi connectivity index (χ1) is 16.1. The minimum Gasteiger partial charge on any atom is -0.258 e. The van der Waals surface area contributed by atoms with Crippen molar-refractivity contribution in [3.8, 4) is 22.6 Å². The Kier molecular flexibility index (Phi) is 7.26. The molecule has 1 aromatic heterocycles. The van der Waals surface area contributed by atoms with E-state index >= 15 is 0 Å². The molecule has 0 aliphatic heterocycles. The molecular weight excluding hydrogens is 453 g/mol. The Balaban J connectivity index is 0.000000302. The van der Waals surface area contributed by atoms with E-state index in [-0.39, 0.29) is 17.2 Å². The lowest BCUT2D eigenvalue weighted by atomic mass is 10.1. The number of nitro groups is 2. The van der Waals surface area contributed by atoms with Gasteiger partial charge in [-0.3, -0.25) is 20.2 Å². The molecule has 0 saturated carbocycles. The van der Waals surface area contributed by atoms with E-state index in [0.717, 1.165) is 12.1 Å². The number of hydrogen-bond donors (Lipinski definition) is 0. The molecule has 0 spiro atoms. The third-order valence-electron chi connectivity index (χ3n) is 4.47. The van der Waals surface area contributed by atoms with Gasteiger partial charge in [0.05, 0.1) is 21.1 Å². The molecule has 172 valence electrons. The van der Waals surface area contributed by atoms with E-state index in [2.05, 4.69) is 9.97 Å². The number of para-hydroxylation sites is 1. The number of non-ortho nitro benzene ring substituents is 2. The summed E-state index contributed by atoms with van der Waals surface area (Å²) in [6, 6.07) is 19.9. The van der Waals surface area contributed by atoms with E-state index in [9.17, 15) is 33.4 Å². The standard InChI is InChI=1S/C17H10F3N3O2.C6H5NO2/c18-17(19,20)13-5-1-12(2-6-13)16-21-10-9-15(22-16)11-3-7-14(8-4-11)23(24)25;8-7(9)6-4-2-1-3-5-6/h1-10H;1-5H. The molecule has 4 aromatic rings. The van der Waals surface area contributed by atoms with Gasteiger partial charge in [-0.1, -0.05) is 30.3 Å². The summed E-state index contributed by atoms with van der Waals surface area (Å²) in [6.45, 7) is 0. The molecule has 11 heteroatoms. The van der Waals surface area contributed by atoms with Crippen LogP contribution in [0.1, 0.15) is 5.56 Å². The van der Waals surface area contributed by atoms with Crippen molar-refractivity contribution in [2.24, 2.45) is 0 Å². The second kappa shape index (κ2) is 10.3. The minimum absolute atomic E-state index is 0.0410. The number of nitrogens with zero attached hydrogens (tertiary/aromatic N) is 4. The Morgan fingerprint density at radius 3 is 1.71 bits per heavy atom. The zero-order valence-electron chi connectivity index (χ0n) is 17.2. The summed E-state index contributed by atoms with van der Waals surface area (Å²) in [5, 5.41) is 20.7. The van der Waals surface area contributed by atoms with Crippen LogP contribution < -0.4 is 0 Å². The maximum absolute atomic E-state index is 12.6. The molecular formula is C23H15F3N4O4. The van der Waals surface area contributed by atoms with Crippen molar-refractivity contribution in [2.75, 3.05) is 0 Å². The van der Waals surface area contributed by atoms with Crippen molar-refractivity contribution in [3.05, 3.63) is 117 Å². The first kappa shape index (κ1) is 24.0. The van der Waals surface area contributed by atoms with Gasteiger partial charge in [0, 0.05) is 41.6 Å². The Morgan fingerprint density at radius 1 is 0.676 bits per heavy atom. The molecule has 8 nitrogen and oxygen atoms in total. The third-order valence-corrected chi connectivity index (χ3v) is 4.47. The highest BCUT2D eigenvalue weighted by atomic mass is 19.4. The van der Waals surface area contributed by atoms with Gasteiger partial charge in [0.25, 0.3) is 11.4 Å². The SMILES string of the molecule is O=[N+]([O-])c1ccc(-c2ccnc(-c3ccc(C(F)(F)F)cc3)n2)cc1.O=[N+]([O-])c1ccccc1. The topological polar surface area (TPSA) is 112 Å². The fraction of sp³-hybridized carbons (Fsp3) is 0.0435. The summed E-state index contributed by atoms with van der Waals surface area (Å²) in [7, 11) is 0. The number of aromatic nitrogens is 2. The van der Waals surface area contributed by atoms with Crippen molar-refractivity contribution in [1.82, 2.24) is 9.97 Å². The fourth-order valence-corrected chi connectivity index (χ4v) is 2.77. The summed E-state index contributed by atoms with van der Waals surface area (Å²) >= 11 is 0. The molecule has 0 radical (unpaired) electrons. The Hall–Kier alpha value is -4.67. The van der Waals surface area contributed by atoms with Crippen molar-refractivity contribution >= 4 is 11.4 Å². The lowest BCUT2D eigenvalue weighted by Crippen LogP contribution is -2.04. The molecule has 0 saturated heterocycles. The molecule has 4 rings (SSSR count). The van der Waals surface area contributed by atoms with Gasteiger partial charge in [0.1, 0.15) is 0 Å². The second-order valence-corrected chi connectivity index (χ2v) is 6.74. The predicted molar refractivity (Wildman–Crippen MR) is 118 cm³/mol. The summed E-state index contributed by atoms with van der Waals surface area (Å²) in [4.78, 5) is 28.2. The molecule has 0 bridgehead atoms. The van der Waals surface area contributed by atoms with Gasteiger partial charge in [0.15, 0.2) is 5.82 Å². The number of hydrogen-bond acceptors (Lipinski definition) is 6. The third kappa shape index (κ3) is 6.19. The van der Waals surface area contributed by atoms with Crippen LogP contribution in [-0.2, 0) is 6.18 Å². The Labute approximate surface area is 190 Å². The van der Waals surface area contributed by atoms with E-state index in [1.165, 1.54) is 42.6 Å². The maximum atomic E-state index is 12.6. The summed E-state index contributed by atoms with van der Waals surface area (Å²) in [6.07, 6.45) is -2.92. The van der Waals surface area contributed by atoms with Crippen LogP contribution in [-0.4, -0.2) is 19.8 Å². The van der Waals surface area contributed by atoms with E-state index < -0.39 is 21.6 Å². The molecule has 0 unspecified atom stereocenters. The van der Waals surface area contributed by atoms with Gasteiger partial charge in [0.2, 0.25) is 0 Å². The number of alkyl halides is 3. The minimum atomic E-state index is -4.40. The number of rotatable bonds is 4. The molecule has 34 heavy (non-hydrogen) atoms. The van der Waals surface area contributed by atoms with Gasteiger partial charge >= 0.3 is 6.18 Å². The lowest BCUT2D eigenvalue weighted by Gasteiger charge is -2.08. The van der Waals surface area contributed by atoms with Crippen LogP contribution in [0.25, 0.3) is 22.6 Å². The van der Waals surface area contributed by atoms with Crippen LogP contribution in [0.3, 0.4) is 0 Å². The first-order valence-electron chi connectivity index (χ1n) is 9.60. The Bertz CT molecular complexity index is 1280. The van der Waals surface area contributed by atoms with Gasteiger partial charge in [-0.05, 0) is 30.3 Å². The van der Waals surface area contributed by atoms with Crippen LogP contribution in [0.15, 0.2) is 91.1 Å². The summed E-state index contributed by atoms with van der Waals surface area (Å²) in [5.74, 6) is 0.268. The molecule has 0 atom stereocenters. The second-order valence-electron chi connectivity index (χ2n) is 6.74. The van der Waals surface area contributed by atoms with Crippen LogP contribution in [0.2, 0.25) is 0 Å². The van der Waals surface area contributed by atoms with Crippen LogP contribution >= 0.6 is 0 Å². The average Bonchev–Trinajstić information content (AvgIpc) is 2.85. The van der Waals surface area contributed by atoms with Gasteiger partial charge < -0.3 is 0 Å². The predicted octanol–water partition coefficient (Wildman–Crippen LogP) is 6.33.